The van der Waals surface area contributed by atoms with Crippen LogP contribution >= 0.6 is 11.8 Å². The predicted molar refractivity (Wildman–Crippen MR) is 53.2 cm³/mol. The lowest BCUT2D eigenvalue weighted by Crippen LogP contribution is -2.19. The van der Waals surface area contributed by atoms with E-state index in [4.69, 9.17) is 5.73 Å². The summed E-state index contributed by atoms with van der Waals surface area (Å²) in [5.74, 6) is -1.02. The fourth-order valence-corrected chi connectivity index (χ4v) is 1.97. The molecular formula is C10H11F2NS. The number of rotatable bonds is 2. The molecule has 0 amide bonds. The molecule has 0 aromatic heterocycles. The third kappa shape index (κ3) is 1.53. The molecule has 2 N–H and O–H groups in total. The Bertz CT molecular complexity index is 351. The van der Waals surface area contributed by atoms with Crippen molar-refractivity contribution >= 4 is 11.8 Å². The van der Waals surface area contributed by atoms with Gasteiger partial charge in [-0.2, -0.15) is 0 Å². The van der Waals surface area contributed by atoms with Crippen LogP contribution in [0.15, 0.2) is 17.0 Å². The number of halogens is 2. The minimum Gasteiger partial charge on any atom is -0.321 e. The molecule has 1 saturated carbocycles. The van der Waals surface area contributed by atoms with Gasteiger partial charge in [0.15, 0.2) is 0 Å². The van der Waals surface area contributed by atoms with Crippen LogP contribution in [0.5, 0.6) is 0 Å². The lowest BCUT2D eigenvalue weighted by molar-refractivity contribution is 0.531. The maximum atomic E-state index is 13.4. The molecule has 0 atom stereocenters. The van der Waals surface area contributed by atoms with Crippen molar-refractivity contribution in [3.05, 3.63) is 29.3 Å². The summed E-state index contributed by atoms with van der Waals surface area (Å²) in [6.45, 7) is 0. The summed E-state index contributed by atoms with van der Waals surface area (Å²) in [6.07, 6.45) is 3.27. The average molecular weight is 215 g/mol. The Morgan fingerprint density at radius 2 is 1.79 bits per heavy atom. The van der Waals surface area contributed by atoms with Crippen molar-refractivity contribution in [2.24, 2.45) is 5.73 Å². The third-order valence-corrected chi connectivity index (χ3v) is 3.36. The summed E-state index contributed by atoms with van der Waals surface area (Å²) in [7, 11) is 0. The molecule has 0 saturated heterocycles. The second-order valence-corrected chi connectivity index (χ2v) is 4.45. The maximum absolute atomic E-state index is 13.4. The van der Waals surface area contributed by atoms with Gasteiger partial charge in [0, 0.05) is 5.54 Å². The molecular weight excluding hydrogens is 204 g/mol. The standard InChI is InChI=1S/C10H11F2NS/c1-14-9-7(11)4-6(5-8(9)12)10(13)2-3-10/h4-5H,2-3,13H2,1H3. The molecule has 1 aliphatic carbocycles. The molecule has 14 heavy (non-hydrogen) atoms. The second-order valence-electron chi connectivity index (χ2n) is 3.63. The van der Waals surface area contributed by atoms with Crippen LogP contribution in [-0.2, 0) is 5.54 Å². The van der Waals surface area contributed by atoms with Gasteiger partial charge in [0.1, 0.15) is 11.6 Å². The molecule has 0 spiro atoms. The molecule has 1 aliphatic rings. The zero-order valence-electron chi connectivity index (χ0n) is 7.81. The SMILES string of the molecule is CSc1c(F)cc(C2(N)CC2)cc1F. The number of hydrogen-bond donors (Lipinski definition) is 1. The Hall–Kier alpha value is -0.610. The van der Waals surface area contributed by atoms with Crippen molar-refractivity contribution in [2.75, 3.05) is 6.26 Å². The van der Waals surface area contributed by atoms with Gasteiger partial charge in [0.05, 0.1) is 4.90 Å². The highest BCUT2D eigenvalue weighted by molar-refractivity contribution is 7.98. The summed E-state index contributed by atoms with van der Waals surface area (Å²) in [6, 6.07) is 2.70. The summed E-state index contributed by atoms with van der Waals surface area (Å²) in [4.78, 5) is 0.0676. The van der Waals surface area contributed by atoms with E-state index in [2.05, 4.69) is 0 Å². The molecule has 0 aliphatic heterocycles. The minimum atomic E-state index is -0.510. The first kappa shape index (κ1) is 9.93. The van der Waals surface area contributed by atoms with Crippen LogP contribution in [0.25, 0.3) is 0 Å². The van der Waals surface area contributed by atoms with Gasteiger partial charge < -0.3 is 5.73 Å². The van der Waals surface area contributed by atoms with Crippen molar-refractivity contribution in [1.29, 1.82) is 0 Å². The zero-order chi connectivity index (χ0) is 10.3. The summed E-state index contributed by atoms with van der Waals surface area (Å²) < 4.78 is 26.7. The van der Waals surface area contributed by atoms with Crippen LogP contribution in [0.4, 0.5) is 8.78 Å². The largest absolute Gasteiger partial charge is 0.321 e. The van der Waals surface area contributed by atoms with E-state index in [9.17, 15) is 8.78 Å². The quantitative estimate of drug-likeness (QED) is 0.767. The van der Waals surface area contributed by atoms with Crippen molar-refractivity contribution in [3.63, 3.8) is 0 Å². The normalized spacial score (nSPS) is 18.3. The first-order chi connectivity index (χ1) is 6.57. The summed E-state index contributed by atoms with van der Waals surface area (Å²) in [5.41, 5.74) is 5.96. The van der Waals surface area contributed by atoms with Gasteiger partial charge in [0.2, 0.25) is 0 Å². The molecule has 1 fully saturated rings. The van der Waals surface area contributed by atoms with E-state index < -0.39 is 17.2 Å². The van der Waals surface area contributed by atoms with E-state index in [-0.39, 0.29) is 4.90 Å². The van der Waals surface area contributed by atoms with Gasteiger partial charge in [-0.05, 0) is 36.8 Å². The van der Waals surface area contributed by atoms with Gasteiger partial charge in [-0.25, -0.2) is 8.78 Å². The third-order valence-electron chi connectivity index (χ3n) is 2.57. The predicted octanol–water partition coefficient (Wildman–Crippen LogP) is 2.63. The highest BCUT2D eigenvalue weighted by Crippen LogP contribution is 2.43. The zero-order valence-corrected chi connectivity index (χ0v) is 8.63. The second kappa shape index (κ2) is 3.21. The molecule has 0 radical (unpaired) electrons. The minimum absolute atomic E-state index is 0.0676. The smallest absolute Gasteiger partial charge is 0.140 e. The van der Waals surface area contributed by atoms with E-state index in [1.807, 2.05) is 0 Å². The highest BCUT2D eigenvalue weighted by atomic mass is 32.2. The van der Waals surface area contributed by atoms with Crippen LogP contribution < -0.4 is 5.73 Å². The summed E-state index contributed by atoms with van der Waals surface area (Å²) >= 11 is 1.07. The van der Waals surface area contributed by atoms with Crippen molar-refractivity contribution in [3.8, 4) is 0 Å². The average Bonchev–Trinajstić information content (AvgIpc) is 2.84. The van der Waals surface area contributed by atoms with Crippen LogP contribution in [0.2, 0.25) is 0 Å². The van der Waals surface area contributed by atoms with E-state index in [1.54, 1.807) is 6.26 Å². The Morgan fingerprint density at radius 1 is 1.29 bits per heavy atom. The molecule has 76 valence electrons. The lowest BCUT2D eigenvalue weighted by atomic mass is 10.1. The first-order valence-electron chi connectivity index (χ1n) is 4.39. The maximum Gasteiger partial charge on any atom is 0.140 e. The first-order valence-corrected chi connectivity index (χ1v) is 5.62. The van der Waals surface area contributed by atoms with Crippen LogP contribution in [0.1, 0.15) is 18.4 Å². The Balaban J connectivity index is 2.47. The van der Waals surface area contributed by atoms with E-state index in [1.165, 1.54) is 12.1 Å². The van der Waals surface area contributed by atoms with Gasteiger partial charge in [-0.3, -0.25) is 0 Å². The van der Waals surface area contributed by atoms with Gasteiger partial charge in [-0.15, -0.1) is 11.8 Å². The molecule has 1 aromatic rings. The highest BCUT2D eigenvalue weighted by Gasteiger charge is 2.40. The Morgan fingerprint density at radius 3 is 2.14 bits per heavy atom. The van der Waals surface area contributed by atoms with E-state index in [0.29, 0.717) is 5.56 Å². The van der Waals surface area contributed by atoms with E-state index >= 15 is 0 Å². The number of hydrogen-bond acceptors (Lipinski definition) is 2. The molecule has 1 nitrogen and oxygen atoms in total. The van der Waals surface area contributed by atoms with Crippen molar-refractivity contribution in [1.82, 2.24) is 0 Å². The van der Waals surface area contributed by atoms with Crippen molar-refractivity contribution < 1.29 is 8.78 Å². The molecule has 0 bridgehead atoms. The van der Waals surface area contributed by atoms with Crippen LogP contribution in [0, 0.1) is 11.6 Å². The van der Waals surface area contributed by atoms with E-state index in [0.717, 1.165) is 24.6 Å². The Kier molecular flexibility index (Phi) is 2.27. The van der Waals surface area contributed by atoms with Gasteiger partial charge >= 0.3 is 0 Å². The Labute approximate surface area is 85.7 Å². The molecule has 4 heteroatoms. The summed E-state index contributed by atoms with van der Waals surface area (Å²) in [5, 5.41) is 0. The number of thioether (sulfide) groups is 1. The molecule has 0 unspecified atom stereocenters. The number of benzene rings is 1. The topological polar surface area (TPSA) is 26.0 Å². The fourth-order valence-electron chi connectivity index (χ4n) is 1.47. The molecule has 1 aromatic carbocycles. The molecule has 0 heterocycles. The number of nitrogens with two attached hydrogens (primary N) is 1. The van der Waals surface area contributed by atoms with Crippen LogP contribution in [0.3, 0.4) is 0 Å². The molecule has 2 rings (SSSR count). The fraction of sp³-hybridized carbons (Fsp3) is 0.400. The van der Waals surface area contributed by atoms with Crippen LogP contribution in [-0.4, -0.2) is 6.26 Å². The lowest BCUT2D eigenvalue weighted by Gasteiger charge is -2.11. The monoisotopic (exact) mass is 215 g/mol. The van der Waals surface area contributed by atoms with Gasteiger partial charge in [-0.1, -0.05) is 0 Å². The van der Waals surface area contributed by atoms with Gasteiger partial charge in [0.25, 0.3) is 0 Å². The van der Waals surface area contributed by atoms with Crippen molar-refractivity contribution in [2.45, 2.75) is 23.3 Å².